The van der Waals surface area contributed by atoms with E-state index in [4.69, 9.17) is 14.2 Å². The predicted octanol–water partition coefficient (Wildman–Crippen LogP) is 17.5. The van der Waals surface area contributed by atoms with E-state index < -0.39 is 0 Å². The van der Waals surface area contributed by atoms with Gasteiger partial charge in [-0.1, -0.05) is 103 Å². The van der Waals surface area contributed by atoms with Gasteiger partial charge in [0, 0.05) is 57.4 Å². The van der Waals surface area contributed by atoms with E-state index in [1.54, 1.807) is 5.56 Å². The molecule has 0 unspecified atom stereocenters. The van der Waals surface area contributed by atoms with E-state index in [9.17, 15) is 0 Å². The van der Waals surface area contributed by atoms with Gasteiger partial charge in [0.15, 0.2) is 0 Å². The molecule has 0 atom stereocenters. The van der Waals surface area contributed by atoms with Crippen LogP contribution in [-0.4, -0.2) is 20.1 Å². The third-order valence-electron chi connectivity index (χ3n) is 30.7. The number of anilines is 9. The summed E-state index contributed by atoms with van der Waals surface area (Å²) in [7, 11) is 0. The van der Waals surface area contributed by atoms with Crippen molar-refractivity contribution in [2.45, 2.75) is 160 Å². The van der Waals surface area contributed by atoms with Crippen LogP contribution in [0.3, 0.4) is 0 Å². The van der Waals surface area contributed by atoms with E-state index >= 15 is 0 Å². The quantitative estimate of drug-likeness (QED) is 0.155. The van der Waals surface area contributed by atoms with E-state index in [1.807, 2.05) is 0 Å². The molecule has 10 aromatic carbocycles. The number of para-hydroxylation sites is 5. The number of fused-ring (bicyclic) bond motifs is 12. The minimum atomic E-state index is -0.200. The van der Waals surface area contributed by atoms with Gasteiger partial charge in [0.1, 0.15) is 34.5 Å². The van der Waals surface area contributed by atoms with E-state index in [2.05, 4.69) is 218 Å². The van der Waals surface area contributed by atoms with Crippen LogP contribution in [0.4, 0.5) is 51.2 Å². The lowest BCUT2D eigenvalue weighted by molar-refractivity contribution is -0.00539. The number of rotatable bonds is 6. The number of benzene rings is 10. The summed E-state index contributed by atoms with van der Waals surface area (Å²) in [5, 5.41) is 0. The highest BCUT2D eigenvalue weighted by Gasteiger charge is 2.58. The van der Waals surface area contributed by atoms with Gasteiger partial charge in [-0.05, 0) is 356 Å². The summed E-state index contributed by atoms with van der Waals surface area (Å²) in [6.45, 7) is 9.03. The summed E-state index contributed by atoms with van der Waals surface area (Å²) in [5.74, 6) is 13.1. The first-order valence-electron chi connectivity index (χ1n) is 40.1. The van der Waals surface area contributed by atoms with Gasteiger partial charge in [0.2, 0.25) is 0 Å². The predicted molar refractivity (Wildman–Crippen MR) is 423 cm³/mol. The number of hydrogen-bond acceptors (Lipinski definition) is 6. The average Bonchev–Trinajstić information content (AvgIpc) is 0.687. The van der Waals surface area contributed by atoms with Crippen LogP contribution in [0, 0.1) is 81.0 Å². The fraction of sp³-hybridized carbons (Fsp3) is 0.362. The van der Waals surface area contributed by atoms with Crippen molar-refractivity contribution >= 4 is 120 Å². The van der Waals surface area contributed by atoms with Crippen molar-refractivity contribution < 1.29 is 14.2 Å². The van der Waals surface area contributed by atoms with Crippen molar-refractivity contribution in [3.63, 3.8) is 0 Å². The highest BCUT2D eigenvalue weighted by atomic mass is 16.5. The van der Waals surface area contributed by atoms with Crippen LogP contribution in [0.15, 0.2) is 176 Å². The Morgan fingerprint density at radius 2 is 0.631 bits per heavy atom. The second kappa shape index (κ2) is 20.4. The molecule has 6 aliphatic heterocycles. The molecule has 0 saturated heterocycles. The Bertz CT molecular complexity index is 5300. The van der Waals surface area contributed by atoms with Gasteiger partial charge >= 0.3 is 0 Å². The van der Waals surface area contributed by atoms with E-state index in [1.165, 1.54) is 249 Å². The van der Waals surface area contributed by atoms with Crippen LogP contribution in [-0.2, 0) is 16.2 Å². The van der Waals surface area contributed by atoms with Gasteiger partial charge in [0.05, 0.1) is 11.4 Å². The third kappa shape index (κ3) is 7.95. The fourth-order valence-corrected chi connectivity index (χ4v) is 28.1. The maximum atomic E-state index is 8.01. The standard InChI is InChI=1S/C94H86B3N3O3/c1-52-14-12-15-53(2)90(52)99-76-41-82-73(39-71(76)95-69-20-8-10-22-75(69)98(68-18-6-5-7-19-68)78-33-65(34-79(99)87(78)95)92-43-56-24-57(44-92)26-58(25-56)45-92)97-74-40-72-77(42-83(74)103-86-38-67(37-85(102-82)89(86)97)94-49-62-30-63(50-94)32-64(31-62)51-94)100(91-54(3)16-13-17-55(91)4)80-35-66(93-46-59-27-60(47-93)29-61(28-59)48-93)36-84-88(80)96(72)70-21-9-11-23-81(70)101-84/h5-23,33-42,56-64H,24-32,43-51H2,1-4H3. The molecule has 504 valence electrons. The molecule has 10 aromatic rings. The summed E-state index contributed by atoms with van der Waals surface area (Å²) < 4.78 is 23.5. The monoisotopic (exact) mass is 1340 g/mol. The van der Waals surface area contributed by atoms with Crippen LogP contribution in [0.25, 0.3) is 0 Å². The zero-order valence-electron chi connectivity index (χ0n) is 60.0. The van der Waals surface area contributed by atoms with Gasteiger partial charge in [-0.2, -0.15) is 0 Å². The van der Waals surface area contributed by atoms with E-state index in [-0.39, 0.29) is 36.4 Å². The Morgan fingerprint density at radius 3 is 1.11 bits per heavy atom. The van der Waals surface area contributed by atoms with Crippen LogP contribution in [0.1, 0.15) is 155 Å². The van der Waals surface area contributed by atoms with Crippen molar-refractivity contribution in [3.8, 4) is 34.5 Å². The van der Waals surface area contributed by atoms with Crippen molar-refractivity contribution in [3.05, 3.63) is 215 Å². The van der Waals surface area contributed by atoms with Crippen molar-refractivity contribution in [2.75, 3.05) is 14.7 Å². The summed E-state index contributed by atoms with van der Waals surface area (Å²) in [5.41, 5.74) is 32.9. The molecule has 12 aliphatic carbocycles. The molecule has 12 saturated carbocycles. The number of aryl methyl sites for hydroxylation is 4. The van der Waals surface area contributed by atoms with Gasteiger partial charge < -0.3 is 28.9 Å². The zero-order chi connectivity index (χ0) is 67.4. The molecule has 0 radical (unpaired) electrons. The lowest BCUT2D eigenvalue weighted by atomic mass is 9.29. The van der Waals surface area contributed by atoms with Gasteiger partial charge in [-0.15, -0.1) is 0 Å². The van der Waals surface area contributed by atoms with Crippen LogP contribution < -0.4 is 78.1 Å². The smallest absolute Gasteiger partial charge is 0.260 e. The average molecular weight is 1340 g/mol. The lowest BCUT2D eigenvalue weighted by Crippen LogP contribution is -2.65. The van der Waals surface area contributed by atoms with Crippen LogP contribution in [0.2, 0.25) is 0 Å². The molecule has 0 N–H and O–H groups in total. The first-order valence-corrected chi connectivity index (χ1v) is 40.1. The Morgan fingerprint density at radius 1 is 0.272 bits per heavy atom. The summed E-state index contributed by atoms with van der Waals surface area (Å²) in [4.78, 5) is 8.12. The molecule has 18 aliphatic rings. The molecule has 0 spiro atoms. The normalized spacial score (nSPS) is 29.6. The molecule has 28 rings (SSSR count). The highest BCUT2D eigenvalue weighted by molar-refractivity contribution is 7.03. The van der Waals surface area contributed by atoms with Gasteiger partial charge in [-0.3, -0.25) is 0 Å². The van der Waals surface area contributed by atoms with Crippen molar-refractivity contribution in [1.29, 1.82) is 0 Å². The van der Waals surface area contributed by atoms with E-state index in [0.29, 0.717) is 0 Å². The molecule has 103 heavy (non-hydrogen) atoms. The minimum Gasteiger partial charge on any atom is -0.458 e. The summed E-state index contributed by atoms with van der Waals surface area (Å²) >= 11 is 0. The Hall–Kier alpha value is -8.81. The molecule has 12 bridgehead atoms. The number of ether oxygens (including phenoxy) is 3. The summed E-state index contributed by atoms with van der Waals surface area (Å²) in [6, 6.07) is 70.1. The number of nitrogens with zero attached hydrogens (tertiary/aromatic N) is 3. The first-order chi connectivity index (χ1) is 50.4. The van der Waals surface area contributed by atoms with Crippen LogP contribution >= 0.6 is 0 Å². The zero-order valence-corrected chi connectivity index (χ0v) is 60.0. The molecule has 0 amide bonds. The second-order valence-electron chi connectivity index (χ2n) is 36.7. The first kappa shape index (κ1) is 58.6. The SMILES string of the molecule is Cc1cccc(C)c1N1c2cc3c(cc2B2c4ccccc4Oc4cc(C56CC7CC(CC(C7)C5)C6)cc1c42)B1c2cc4c(cc2Oc2cc(C56CC7CC(CC(C7)C5)C6)cc(c21)O3)N(c1c(C)cccc1C)c1cc(C23CC5CC(CC(C5)C2)C3)cc2c1B4c1ccccc1N2c1ccccc1. The second-order valence-corrected chi connectivity index (χ2v) is 36.7. The molecule has 6 heterocycles. The van der Waals surface area contributed by atoms with Gasteiger partial charge in [0.25, 0.3) is 20.1 Å². The molecule has 0 aromatic heterocycles. The topological polar surface area (TPSA) is 37.4 Å². The van der Waals surface area contributed by atoms with E-state index in [0.717, 1.165) is 87.8 Å². The lowest BCUT2D eigenvalue weighted by Gasteiger charge is -2.57. The van der Waals surface area contributed by atoms with Gasteiger partial charge in [-0.25, -0.2) is 0 Å². The van der Waals surface area contributed by atoms with Crippen molar-refractivity contribution in [2.24, 2.45) is 53.3 Å². The minimum absolute atomic E-state index is 0.0717. The largest absolute Gasteiger partial charge is 0.458 e. The maximum Gasteiger partial charge on any atom is 0.260 e. The molecule has 6 nitrogen and oxygen atoms in total. The highest BCUT2D eigenvalue weighted by Crippen LogP contribution is 2.66. The third-order valence-corrected chi connectivity index (χ3v) is 30.7. The molecular weight excluding hydrogens is 1250 g/mol. The Balaban J connectivity index is 0.752. The Kier molecular flexibility index (Phi) is 11.6. The maximum absolute atomic E-state index is 8.01. The fourth-order valence-electron chi connectivity index (χ4n) is 28.1. The Labute approximate surface area is 607 Å². The number of hydrogen-bond donors (Lipinski definition) is 0. The van der Waals surface area contributed by atoms with Crippen molar-refractivity contribution in [1.82, 2.24) is 0 Å². The molecule has 9 heteroatoms. The molecule has 12 fully saturated rings. The molecular formula is C94H86B3N3O3. The van der Waals surface area contributed by atoms with Crippen LogP contribution in [0.5, 0.6) is 34.5 Å². The summed E-state index contributed by atoms with van der Waals surface area (Å²) in [6.07, 6.45) is 24.2.